The third-order valence-corrected chi connectivity index (χ3v) is 3.11. The molecule has 0 bridgehead atoms. The lowest BCUT2D eigenvalue weighted by Gasteiger charge is -2.06. The summed E-state index contributed by atoms with van der Waals surface area (Å²) in [5, 5.41) is 9.50. The molecule has 0 aliphatic rings. The first-order valence-electron chi connectivity index (χ1n) is 6.15. The molecule has 0 amide bonds. The highest BCUT2D eigenvalue weighted by Crippen LogP contribution is 2.22. The van der Waals surface area contributed by atoms with E-state index in [0.29, 0.717) is 6.54 Å². The topological polar surface area (TPSA) is 43.6 Å². The molecule has 3 rings (SSSR count). The van der Waals surface area contributed by atoms with Crippen LogP contribution in [0.1, 0.15) is 5.82 Å². The van der Waals surface area contributed by atoms with Gasteiger partial charge in [0.15, 0.2) is 5.82 Å². The lowest BCUT2D eigenvalue weighted by molar-refractivity contribution is 0.789. The van der Waals surface area contributed by atoms with Crippen molar-refractivity contribution in [1.82, 2.24) is 19.7 Å². The molecule has 94 valence electrons. The lowest BCUT2D eigenvalue weighted by atomic mass is 10.1. The van der Waals surface area contributed by atoms with Gasteiger partial charge in [0, 0.05) is 23.7 Å². The average Bonchev–Trinajstić information content (AvgIpc) is 2.80. The van der Waals surface area contributed by atoms with E-state index in [1.807, 2.05) is 41.8 Å². The number of hydrogen-bond donors (Lipinski definition) is 0. The predicted octanol–water partition coefficient (Wildman–Crippen LogP) is 2.99. The number of hydrogen-bond acceptors (Lipinski definition) is 3. The molecule has 0 spiro atoms. The third-order valence-electron chi connectivity index (χ3n) is 3.11. The van der Waals surface area contributed by atoms with Gasteiger partial charge in [-0.25, -0.2) is 0 Å². The van der Waals surface area contributed by atoms with Crippen LogP contribution < -0.4 is 0 Å². The van der Waals surface area contributed by atoms with Gasteiger partial charge in [-0.15, -0.1) is 16.8 Å². The van der Waals surface area contributed by atoms with E-state index in [-0.39, 0.29) is 0 Å². The van der Waals surface area contributed by atoms with Crippen LogP contribution in [0.3, 0.4) is 0 Å². The Hall–Kier alpha value is -2.49. The molecule has 0 N–H and O–H groups in total. The zero-order valence-corrected chi connectivity index (χ0v) is 10.7. The first kappa shape index (κ1) is 11.6. The fraction of sp³-hybridized carbons (Fsp3) is 0.133. The Bertz CT molecular complexity index is 743. The van der Waals surface area contributed by atoms with E-state index in [1.54, 1.807) is 6.20 Å². The van der Waals surface area contributed by atoms with E-state index in [1.165, 1.54) is 0 Å². The molecule has 0 saturated heterocycles. The van der Waals surface area contributed by atoms with E-state index in [0.717, 1.165) is 28.1 Å². The molecule has 0 aliphatic carbocycles. The predicted molar refractivity (Wildman–Crippen MR) is 75.7 cm³/mol. The molecule has 0 aliphatic heterocycles. The van der Waals surface area contributed by atoms with Gasteiger partial charge in [-0.1, -0.05) is 12.1 Å². The van der Waals surface area contributed by atoms with E-state index >= 15 is 0 Å². The van der Waals surface area contributed by atoms with Gasteiger partial charge in [0.05, 0.1) is 5.52 Å². The van der Waals surface area contributed by atoms with Crippen molar-refractivity contribution in [3.8, 4) is 11.4 Å². The van der Waals surface area contributed by atoms with Crippen LogP contribution in [0.25, 0.3) is 22.3 Å². The van der Waals surface area contributed by atoms with Crippen molar-refractivity contribution in [3.05, 3.63) is 55.0 Å². The van der Waals surface area contributed by atoms with E-state index in [2.05, 4.69) is 27.8 Å². The first-order valence-corrected chi connectivity index (χ1v) is 6.15. The fourth-order valence-corrected chi connectivity index (χ4v) is 2.16. The number of pyridine rings is 1. The minimum Gasteiger partial charge on any atom is -0.307 e. The van der Waals surface area contributed by atoms with Gasteiger partial charge in [-0.2, -0.15) is 0 Å². The summed E-state index contributed by atoms with van der Waals surface area (Å²) in [4.78, 5) is 4.32. The number of allylic oxidation sites excluding steroid dienone is 1. The molecular weight excluding hydrogens is 236 g/mol. The van der Waals surface area contributed by atoms with Crippen molar-refractivity contribution in [2.45, 2.75) is 13.5 Å². The molecule has 2 aromatic heterocycles. The molecule has 0 saturated carbocycles. The molecule has 2 heterocycles. The summed E-state index contributed by atoms with van der Waals surface area (Å²) in [6.45, 7) is 6.43. The quantitative estimate of drug-likeness (QED) is 0.671. The van der Waals surface area contributed by atoms with E-state index in [4.69, 9.17) is 0 Å². The Morgan fingerprint density at radius 2 is 2.16 bits per heavy atom. The second-order valence-electron chi connectivity index (χ2n) is 4.38. The van der Waals surface area contributed by atoms with Gasteiger partial charge in [0.2, 0.25) is 0 Å². The minimum absolute atomic E-state index is 0.708. The average molecular weight is 250 g/mol. The summed E-state index contributed by atoms with van der Waals surface area (Å²) in [7, 11) is 0. The Morgan fingerprint density at radius 3 is 3.00 bits per heavy atom. The Morgan fingerprint density at radius 1 is 1.26 bits per heavy atom. The van der Waals surface area contributed by atoms with Gasteiger partial charge in [0.1, 0.15) is 5.82 Å². The maximum absolute atomic E-state index is 4.32. The maximum Gasteiger partial charge on any atom is 0.164 e. The molecule has 0 atom stereocenters. The monoisotopic (exact) mass is 250 g/mol. The summed E-state index contributed by atoms with van der Waals surface area (Å²) in [5.41, 5.74) is 2.03. The fourth-order valence-electron chi connectivity index (χ4n) is 2.16. The molecule has 4 heteroatoms. The largest absolute Gasteiger partial charge is 0.307 e. The summed E-state index contributed by atoms with van der Waals surface area (Å²) in [5.74, 6) is 1.75. The smallest absolute Gasteiger partial charge is 0.164 e. The number of rotatable bonds is 3. The first-order chi connectivity index (χ1) is 9.29. The van der Waals surface area contributed by atoms with Gasteiger partial charge >= 0.3 is 0 Å². The number of benzene rings is 1. The number of aryl methyl sites for hydroxylation is 1. The van der Waals surface area contributed by atoms with Gasteiger partial charge in [0.25, 0.3) is 0 Å². The second-order valence-corrected chi connectivity index (χ2v) is 4.38. The van der Waals surface area contributed by atoms with E-state index in [9.17, 15) is 0 Å². The second kappa shape index (κ2) is 4.65. The molecule has 19 heavy (non-hydrogen) atoms. The van der Waals surface area contributed by atoms with Crippen LogP contribution in [0, 0.1) is 6.92 Å². The maximum atomic E-state index is 4.32. The molecular formula is C15H14N4. The zero-order chi connectivity index (χ0) is 13.2. The number of aromatic nitrogens is 4. The van der Waals surface area contributed by atoms with Crippen molar-refractivity contribution in [2.24, 2.45) is 0 Å². The Balaban J connectivity index is 2.16. The zero-order valence-electron chi connectivity index (χ0n) is 10.7. The molecule has 0 fully saturated rings. The Kier molecular flexibility index (Phi) is 2.83. The summed E-state index contributed by atoms with van der Waals surface area (Å²) >= 11 is 0. The van der Waals surface area contributed by atoms with Crippen LogP contribution in [0.2, 0.25) is 0 Å². The third kappa shape index (κ3) is 2.01. The summed E-state index contributed by atoms with van der Waals surface area (Å²) in [6, 6.07) is 10.1. The number of nitrogens with zero attached hydrogens (tertiary/aromatic N) is 4. The van der Waals surface area contributed by atoms with Crippen molar-refractivity contribution < 1.29 is 0 Å². The van der Waals surface area contributed by atoms with Crippen LogP contribution in [0.15, 0.2) is 49.2 Å². The van der Waals surface area contributed by atoms with E-state index < -0.39 is 0 Å². The van der Waals surface area contributed by atoms with Crippen molar-refractivity contribution in [2.75, 3.05) is 0 Å². The highest BCUT2D eigenvalue weighted by Gasteiger charge is 2.10. The molecule has 0 unspecified atom stereocenters. The Labute approximate surface area is 111 Å². The van der Waals surface area contributed by atoms with Gasteiger partial charge in [-0.3, -0.25) is 4.98 Å². The van der Waals surface area contributed by atoms with Crippen LogP contribution in [-0.4, -0.2) is 19.7 Å². The van der Waals surface area contributed by atoms with Crippen molar-refractivity contribution in [3.63, 3.8) is 0 Å². The lowest BCUT2D eigenvalue weighted by Crippen LogP contribution is -2.00. The summed E-state index contributed by atoms with van der Waals surface area (Å²) in [6.07, 6.45) is 3.65. The molecule has 4 nitrogen and oxygen atoms in total. The molecule has 3 aromatic rings. The highest BCUT2D eigenvalue weighted by atomic mass is 15.3. The van der Waals surface area contributed by atoms with Gasteiger partial charge < -0.3 is 4.57 Å². The van der Waals surface area contributed by atoms with Crippen LogP contribution in [-0.2, 0) is 6.54 Å². The number of fused-ring (bicyclic) bond motifs is 1. The molecule has 1 aromatic carbocycles. The SMILES string of the molecule is C=CCn1c(C)nnc1-c1ccc2ncccc2c1. The summed E-state index contributed by atoms with van der Waals surface area (Å²) < 4.78 is 2.05. The van der Waals surface area contributed by atoms with Crippen LogP contribution in [0.4, 0.5) is 0 Å². The molecule has 0 radical (unpaired) electrons. The van der Waals surface area contributed by atoms with Crippen molar-refractivity contribution >= 4 is 10.9 Å². The van der Waals surface area contributed by atoms with Crippen molar-refractivity contribution in [1.29, 1.82) is 0 Å². The minimum atomic E-state index is 0.708. The normalized spacial score (nSPS) is 10.8. The highest BCUT2D eigenvalue weighted by molar-refractivity contribution is 5.83. The standard InChI is InChI=1S/C15H14N4/c1-3-9-19-11(2)17-18-15(19)13-6-7-14-12(10-13)5-4-8-16-14/h3-8,10H,1,9H2,2H3. The van der Waals surface area contributed by atoms with Crippen LogP contribution in [0.5, 0.6) is 0 Å². The van der Waals surface area contributed by atoms with Crippen LogP contribution >= 0.6 is 0 Å². The van der Waals surface area contributed by atoms with Gasteiger partial charge in [-0.05, 0) is 31.2 Å².